The van der Waals surface area contributed by atoms with Crippen molar-refractivity contribution in [2.24, 2.45) is 5.92 Å². The minimum absolute atomic E-state index is 0.179. The van der Waals surface area contributed by atoms with Crippen molar-refractivity contribution in [3.63, 3.8) is 0 Å². The van der Waals surface area contributed by atoms with Crippen molar-refractivity contribution in [2.75, 3.05) is 27.4 Å². The molecule has 1 N–H and O–H groups in total. The lowest BCUT2D eigenvalue weighted by Crippen LogP contribution is -2.31. The molecule has 4 rings (SSSR count). The highest BCUT2D eigenvalue weighted by molar-refractivity contribution is 5.93. The first-order valence-corrected chi connectivity index (χ1v) is 12.0. The number of methoxy groups -OCH3 is 2. The van der Waals surface area contributed by atoms with Gasteiger partial charge in [-0.05, 0) is 80.3 Å². The molecule has 36 heavy (non-hydrogen) atoms. The molecule has 0 radical (unpaired) electrons. The molecule has 6 nitrogen and oxygen atoms in total. The number of rotatable bonds is 6. The van der Waals surface area contributed by atoms with E-state index in [0.717, 1.165) is 43.9 Å². The van der Waals surface area contributed by atoms with E-state index in [1.807, 2.05) is 13.0 Å². The first kappa shape index (κ1) is 27.4. The third-order valence-corrected chi connectivity index (χ3v) is 6.44. The number of pyridine rings is 2. The van der Waals surface area contributed by atoms with Gasteiger partial charge in [-0.2, -0.15) is 13.2 Å². The highest BCUT2D eigenvalue weighted by Crippen LogP contribution is 2.39. The quantitative estimate of drug-likeness (QED) is 0.446. The number of carbonyl (C=O) groups is 1. The van der Waals surface area contributed by atoms with E-state index in [-0.39, 0.29) is 11.8 Å². The molecule has 0 saturated heterocycles. The molecule has 0 atom stereocenters. The minimum atomic E-state index is -4.38. The van der Waals surface area contributed by atoms with E-state index >= 15 is 0 Å². The van der Waals surface area contributed by atoms with Gasteiger partial charge in [-0.25, -0.2) is 4.98 Å². The number of halogens is 3. The zero-order chi connectivity index (χ0) is 26.1. The zero-order valence-electron chi connectivity index (χ0n) is 20.8. The molecular weight excluding hydrogens is 471 g/mol. The van der Waals surface area contributed by atoms with E-state index in [1.165, 1.54) is 25.4 Å². The van der Waals surface area contributed by atoms with Crippen LogP contribution in [-0.4, -0.2) is 43.2 Å². The van der Waals surface area contributed by atoms with Gasteiger partial charge in [0, 0.05) is 44.1 Å². The Bertz CT molecular complexity index is 1130. The van der Waals surface area contributed by atoms with Gasteiger partial charge in [-0.1, -0.05) is 0 Å². The topological polar surface area (TPSA) is 73.3 Å². The second-order valence-electron chi connectivity index (χ2n) is 8.72. The van der Waals surface area contributed by atoms with Crippen LogP contribution < -0.4 is 10.1 Å². The fourth-order valence-electron chi connectivity index (χ4n) is 4.35. The molecule has 0 aliphatic heterocycles. The monoisotopic (exact) mass is 503 g/mol. The number of amides is 1. The smallest absolute Gasteiger partial charge is 0.416 e. The van der Waals surface area contributed by atoms with Crippen LogP contribution in [-0.2, 0) is 10.9 Å². The summed E-state index contributed by atoms with van der Waals surface area (Å²) >= 11 is 0. The Labute approximate surface area is 209 Å². The summed E-state index contributed by atoms with van der Waals surface area (Å²) < 4.78 is 49.1. The van der Waals surface area contributed by atoms with Crippen LogP contribution in [0.25, 0.3) is 10.9 Å². The van der Waals surface area contributed by atoms with Crippen LogP contribution in [0.3, 0.4) is 0 Å². The van der Waals surface area contributed by atoms with Gasteiger partial charge >= 0.3 is 6.18 Å². The Hall–Kier alpha value is -3.20. The predicted molar refractivity (Wildman–Crippen MR) is 132 cm³/mol. The molecule has 1 aliphatic rings. The summed E-state index contributed by atoms with van der Waals surface area (Å²) in [7, 11) is 3.20. The number of nitrogens with zero attached hydrogens (tertiary/aromatic N) is 2. The van der Waals surface area contributed by atoms with Gasteiger partial charge in [-0.3, -0.25) is 9.78 Å². The largest absolute Gasteiger partial charge is 0.481 e. The van der Waals surface area contributed by atoms with Crippen molar-refractivity contribution in [3.8, 4) is 5.88 Å². The highest BCUT2D eigenvalue weighted by Gasteiger charge is 2.31. The molecule has 2 aromatic heterocycles. The Balaban J connectivity index is 0.000000840. The van der Waals surface area contributed by atoms with Crippen LogP contribution in [0.4, 0.5) is 13.2 Å². The van der Waals surface area contributed by atoms with Crippen LogP contribution in [0.5, 0.6) is 5.88 Å². The fraction of sp³-hybridized carbons (Fsp3) is 0.444. The Morgan fingerprint density at radius 1 is 1.06 bits per heavy atom. The molecule has 9 heteroatoms. The fourth-order valence-corrected chi connectivity index (χ4v) is 4.35. The van der Waals surface area contributed by atoms with E-state index in [2.05, 4.69) is 20.0 Å². The third kappa shape index (κ3) is 7.16. The molecular formula is C27H32F3N3O3. The first-order valence-electron chi connectivity index (χ1n) is 12.0. The summed E-state index contributed by atoms with van der Waals surface area (Å²) in [6.45, 7) is 3.34. The molecule has 1 fully saturated rings. The zero-order valence-corrected chi connectivity index (χ0v) is 20.8. The van der Waals surface area contributed by atoms with Crippen LogP contribution >= 0.6 is 0 Å². The normalized spacial score (nSPS) is 17.7. The Morgan fingerprint density at radius 2 is 1.78 bits per heavy atom. The summed E-state index contributed by atoms with van der Waals surface area (Å²) in [5.74, 6) is 0.787. The summed E-state index contributed by atoms with van der Waals surface area (Å²) in [5.41, 5.74) is 1.33. The lowest BCUT2D eigenvalue weighted by atomic mass is 9.78. The Kier molecular flexibility index (Phi) is 9.64. The molecule has 1 aliphatic carbocycles. The molecule has 1 saturated carbocycles. The van der Waals surface area contributed by atoms with Crippen LogP contribution in [0.2, 0.25) is 0 Å². The Morgan fingerprint density at radius 3 is 2.36 bits per heavy atom. The minimum Gasteiger partial charge on any atom is -0.481 e. The number of hydrogen-bond donors (Lipinski definition) is 1. The van der Waals surface area contributed by atoms with Crippen molar-refractivity contribution in [3.05, 3.63) is 65.5 Å². The molecule has 194 valence electrons. The van der Waals surface area contributed by atoms with Crippen LogP contribution in [0.15, 0.2) is 48.8 Å². The van der Waals surface area contributed by atoms with Gasteiger partial charge in [0.05, 0.1) is 23.8 Å². The van der Waals surface area contributed by atoms with Crippen LogP contribution in [0, 0.1) is 5.92 Å². The van der Waals surface area contributed by atoms with Crippen molar-refractivity contribution in [1.29, 1.82) is 0 Å². The number of alkyl halides is 3. The van der Waals surface area contributed by atoms with Crippen molar-refractivity contribution in [1.82, 2.24) is 15.3 Å². The molecule has 0 unspecified atom stereocenters. The van der Waals surface area contributed by atoms with Gasteiger partial charge < -0.3 is 14.8 Å². The van der Waals surface area contributed by atoms with Crippen molar-refractivity contribution >= 4 is 16.8 Å². The molecule has 1 aromatic carbocycles. The maximum Gasteiger partial charge on any atom is 0.416 e. The van der Waals surface area contributed by atoms with E-state index < -0.39 is 11.7 Å². The second-order valence-corrected chi connectivity index (χ2v) is 8.72. The summed E-state index contributed by atoms with van der Waals surface area (Å²) in [5, 5.41) is 3.53. The lowest BCUT2D eigenvalue weighted by Gasteiger charge is -2.29. The second kappa shape index (κ2) is 12.7. The van der Waals surface area contributed by atoms with Gasteiger partial charge in [0.25, 0.3) is 5.91 Å². The first-order chi connectivity index (χ1) is 17.3. The van der Waals surface area contributed by atoms with E-state index in [1.54, 1.807) is 25.4 Å². The number of benzene rings is 1. The summed E-state index contributed by atoms with van der Waals surface area (Å²) in [6, 6.07) is 8.89. The number of hydrogen-bond acceptors (Lipinski definition) is 5. The third-order valence-electron chi connectivity index (χ3n) is 6.44. The number of carbonyl (C=O) groups excluding carboxylic acids is 1. The van der Waals surface area contributed by atoms with Crippen LogP contribution in [0.1, 0.15) is 60.0 Å². The summed E-state index contributed by atoms with van der Waals surface area (Å²) in [6.07, 6.45) is 2.29. The van der Waals surface area contributed by atoms with Crippen molar-refractivity contribution in [2.45, 2.75) is 44.7 Å². The number of ether oxygens (including phenoxy) is 2. The lowest BCUT2D eigenvalue weighted by molar-refractivity contribution is -0.137. The molecule has 0 bridgehead atoms. The summed E-state index contributed by atoms with van der Waals surface area (Å²) in [4.78, 5) is 20.6. The SMILES string of the molecule is CCOC.COc1ccc(C(=O)NCC2CCC(c3ccnc4ccc(C(F)(F)F)cc34)CC2)cn1. The number of fused-ring (bicyclic) bond motifs is 1. The molecule has 0 spiro atoms. The highest BCUT2D eigenvalue weighted by atomic mass is 19.4. The van der Waals surface area contributed by atoms with Gasteiger partial charge in [0.15, 0.2) is 0 Å². The standard InChI is InChI=1S/C24H24F3N3O2.C3H8O/c1-32-22-9-6-17(14-29-22)23(31)30-13-15-2-4-16(5-3-15)19-10-11-28-21-8-7-18(12-20(19)21)24(25,26)27;1-3-4-2/h6-12,14-16H,2-5,13H2,1H3,(H,30,31);3H2,1-2H3. The van der Waals surface area contributed by atoms with Gasteiger partial charge in [-0.15, -0.1) is 0 Å². The van der Waals surface area contributed by atoms with E-state index in [9.17, 15) is 18.0 Å². The average molecular weight is 504 g/mol. The maximum absolute atomic E-state index is 13.2. The molecule has 3 aromatic rings. The molecule has 2 heterocycles. The van der Waals surface area contributed by atoms with Gasteiger partial charge in [0.2, 0.25) is 5.88 Å². The maximum atomic E-state index is 13.2. The number of aromatic nitrogens is 2. The van der Waals surface area contributed by atoms with E-state index in [0.29, 0.717) is 34.8 Å². The number of nitrogens with one attached hydrogen (secondary N) is 1. The average Bonchev–Trinajstić information content (AvgIpc) is 2.91. The predicted octanol–water partition coefficient (Wildman–Crippen LogP) is 6.01. The van der Waals surface area contributed by atoms with Gasteiger partial charge in [0.1, 0.15) is 0 Å². The molecule has 1 amide bonds. The van der Waals surface area contributed by atoms with E-state index in [4.69, 9.17) is 4.74 Å². The van der Waals surface area contributed by atoms with Crippen molar-refractivity contribution < 1.29 is 27.4 Å².